The van der Waals surface area contributed by atoms with Crippen LogP contribution in [0.3, 0.4) is 0 Å². The summed E-state index contributed by atoms with van der Waals surface area (Å²) >= 11 is 2.15. The average Bonchev–Trinajstić information content (AvgIpc) is 2.41. The van der Waals surface area contributed by atoms with Gasteiger partial charge in [-0.15, -0.1) is 0 Å². The van der Waals surface area contributed by atoms with Gasteiger partial charge in [0.1, 0.15) is 0 Å². The summed E-state index contributed by atoms with van der Waals surface area (Å²) in [5.74, 6) is 3.17. The molecule has 0 aromatic heterocycles. The number of rotatable bonds is 6. The van der Waals surface area contributed by atoms with Crippen LogP contribution < -0.4 is 5.32 Å². The summed E-state index contributed by atoms with van der Waals surface area (Å²) in [6.45, 7) is 14.4. The predicted molar refractivity (Wildman–Crippen MR) is 96.2 cm³/mol. The summed E-state index contributed by atoms with van der Waals surface area (Å²) in [5, 5.41) is 3.78. The molecule has 0 aromatic carbocycles. The molecule has 21 heavy (non-hydrogen) atoms. The molecule has 1 heterocycles. The van der Waals surface area contributed by atoms with E-state index in [2.05, 4.69) is 49.7 Å². The maximum atomic E-state index is 3.78. The van der Waals surface area contributed by atoms with Crippen LogP contribution in [0.5, 0.6) is 0 Å². The second kappa shape index (κ2) is 8.21. The van der Waals surface area contributed by atoms with Crippen LogP contribution >= 0.6 is 11.8 Å². The van der Waals surface area contributed by atoms with Crippen LogP contribution in [0.15, 0.2) is 0 Å². The largest absolute Gasteiger partial charge is 0.314 e. The van der Waals surface area contributed by atoms with Gasteiger partial charge in [0.25, 0.3) is 0 Å². The van der Waals surface area contributed by atoms with Gasteiger partial charge in [0, 0.05) is 36.2 Å². The highest BCUT2D eigenvalue weighted by atomic mass is 32.2. The third-order valence-corrected chi connectivity index (χ3v) is 6.55. The van der Waals surface area contributed by atoms with Gasteiger partial charge in [0.2, 0.25) is 0 Å². The van der Waals surface area contributed by atoms with E-state index < -0.39 is 0 Å². The SMILES string of the molecule is CCCC1CCC(NCC)C(CN2CCSC(C)(C)C2)C1. The highest BCUT2D eigenvalue weighted by molar-refractivity contribution is 8.00. The first-order chi connectivity index (χ1) is 10.0. The van der Waals surface area contributed by atoms with Gasteiger partial charge in [-0.1, -0.05) is 26.7 Å². The zero-order valence-electron chi connectivity index (χ0n) is 14.7. The first-order valence-electron chi connectivity index (χ1n) is 9.13. The fourth-order valence-corrected chi connectivity index (χ4v) is 5.54. The number of thioether (sulfide) groups is 1. The van der Waals surface area contributed by atoms with Gasteiger partial charge in [0.05, 0.1) is 0 Å². The minimum Gasteiger partial charge on any atom is -0.314 e. The lowest BCUT2D eigenvalue weighted by molar-refractivity contribution is 0.133. The molecular weight excluding hydrogens is 276 g/mol. The summed E-state index contributed by atoms with van der Waals surface area (Å²) in [6, 6.07) is 0.765. The molecular formula is C18H36N2S. The average molecular weight is 313 g/mol. The Labute approximate surface area is 136 Å². The molecule has 3 unspecified atom stereocenters. The molecule has 0 amide bonds. The molecule has 1 N–H and O–H groups in total. The van der Waals surface area contributed by atoms with Gasteiger partial charge < -0.3 is 10.2 Å². The van der Waals surface area contributed by atoms with E-state index in [1.54, 1.807) is 0 Å². The molecule has 0 radical (unpaired) electrons. The van der Waals surface area contributed by atoms with E-state index in [9.17, 15) is 0 Å². The molecule has 2 aliphatic rings. The predicted octanol–water partition coefficient (Wildman–Crippen LogP) is 4.01. The fraction of sp³-hybridized carbons (Fsp3) is 1.00. The molecule has 1 aliphatic carbocycles. The lowest BCUT2D eigenvalue weighted by atomic mass is 9.76. The van der Waals surface area contributed by atoms with Gasteiger partial charge in [-0.05, 0) is 51.5 Å². The van der Waals surface area contributed by atoms with Crippen LogP contribution in [0.2, 0.25) is 0 Å². The minimum atomic E-state index is 0.448. The van der Waals surface area contributed by atoms with Gasteiger partial charge >= 0.3 is 0 Å². The summed E-state index contributed by atoms with van der Waals surface area (Å²) in [5.41, 5.74) is 0. The Morgan fingerprint density at radius 3 is 2.71 bits per heavy atom. The van der Waals surface area contributed by atoms with Crippen LogP contribution in [-0.4, -0.2) is 47.6 Å². The van der Waals surface area contributed by atoms with Crippen LogP contribution in [0.1, 0.15) is 59.8 Å². The van der Waals surface area contributed by atoms with Crippen molar-refractivity contribution in [1.29, 1.82) is 0 Å². The normalized spacial score (nSPS) is 34.0. The third kappa shape index (κ3) is 5.44. The lowest BCUT2D eigenvalue weighted by Crippen LogP contribution is -2.50. The van der Waals surface area contributed by atoms with E-state index in [1.807, 2.05) is 0 Å². The van der Waals surface area contributed by atoms with E-state index >= 15 is 0 Å². The highest BCUT2D eigenvalue weighted by Gasteiger charge is 2.33. The smallest absolute Gasteiger partial charge is 0.0231 e. The molecule has 1 saturated heterocycles. The van der Waals surface area contributed by atoms with Crippen molar-refractivity contribution in [1.82, 2.24) is 10.2 Å². The first-order valence-corrected chi connectivity index (χ1v) is 10.1. The molecule has 0 spiro atoms. The Balaban J connectivity index is 1.92. The van der Waals surface area contributed by atoms with Crippen molar-refractivity contribution in [2.24, 2.45) is 11.8 Å². The van der Waals surface area contributed by atoms with Crippen LogP contribution in [0, 0.1) is 11.8 Å². The Morgan fingerprint density at radius 1 is 1.24 bits per heavy atom. The Morgan fingerprint density at radius 2 is 2.05 bits per heavy atom. The number of nitrogens with one attached hydrogen (secondary N) is 1. The standard InChI is InChI=1S/C18H36N2S/c1-5-7-15-8-9-17(19-6-2)16(12-15)13-20-10-11-21-18(3,4)14-20/h15-17,19H,5-14H2,1-4H3. The number of nitrogens with zero attached hydrogens (tertiary/aromatic N) is 1. The van der Waals surface area contributed by atoms with E-state index in [0.29, 0.717) is 4.75 Å². The van der Waals surface area contributed by atoms with Gasteiger partial charge in [0.15, 0.2) is 0 Å². The van der Waals surface area contributed by atoms with Crippen molar-refractivity contribution in [3.63, 3.8) is 0 Å². The maximum absolute atomic E-state index is 3.78. The Bertz CT molecular complexity index is 306. The van der Waals surface area contributed by atoms with Gasteiger partial charge in [-0.3, -0.25) is 0 Å². The highest BCUT2D eigenvalue weighted by Crippen LogP contribution is 2.35. The molecule has 1 aliphatic heterocycles. The zero-order valence-corrected chi connectivity index (χ0v) is 15.5. The van der Waals surface area contributed by atoms with Crippen molar-refractivity contribution in [2.75, 3.05) is 31.9 Å². The molecule has 3 atom stereocenters. The molecule has 0 bridgehead atoms. The minimum absolute atomic E-state index is 0.448. The van der Waals surface area contributed by atoms with Crippen LogP contribution in [-0.2, 0) is 0 Å². The molecule has 3 heteroatoms. The molecule has 2 fully saturated rings. The number of hydrogen-bond donors (Lipinski definition) is 1. The number of hydrogen-bond acceptors (Lipinski definition) is 3. The van der Waals surface area contributed by atoms with Crippen LogP contribution in [0.25, 0.3) is 0 Å². The third-order valence-electron chi connectivity index (χ3n) is 5.25. The lowest BCUT2D eigenvalue weighted by Gasteiger charge is -2.43. The van der Waals surface area contributed by atoms with E-state index in [4.69, 9.17) is 0 Å². The molecule has 2 rings (SSSR count). The van der Waals surface area contributed by atoms with Crippen LogP contribution in [0.4, 0.5) is 0 Å². The molecule has 0 aromatic rings. The maximum Gasteiger partial charge on any atom is 0.0231 e. The van der Waals surface area contributed by atoms with Gasteiger partial charge in [-0.25, -0.2) is 0 Å². The van der Waals surface area contributed by atoms with Crippen molar-refractivity contribution in [3.05, 3.63) is 0 Å². The zero-order chi connectivity index (χ0) is 15.3. The van der Waals surface area contributed by atoms with E-state index in [0.717, 1.165) is 24.4 Å². The fourth-order valence-electron chi connectivity index (χ4n) is 4.37. The Kier molecular flexibility index (Phi) is 6.89. The van der Waals surface area contributed by atoms with Gasteiger partial charge in [-0.2, -0.15) is 11.8 Å². The second-order valence-electron chi connectivity index (χ2n) is 7.74. The quantitative estimate of drug-likeness (QED) is 0.798. The topological polar surface area (TPSA) is 15.3 Å². The van der Waals surface area contributed by atoms with E-state index in [1.165, 1.54) is 57.5 Å². The van der Waals surface area contributed by atoms with E-state index in [-0.39, 0.29) is 0 Å². The monoisotopic (exact) mass is 312 g/mol. The summed E-state index contributed by atoms with van der Waals surface area (Å²) in [7, 11) is 0. The van der Waals surface area contributed by atoms with Crippen molar-refractivity contribution in [2.45, 2.75) is 70.6 Å². The summed E-state index contributed by atoms with van der Waals surface area (Å²) < 4.78 is 0.448. The molecule has 1 saturated carbocycles. The summed E-state index contributed by atoms with van der Waals surface area (Å²) in [6.07, 6.45) is 7.10. The second-order valence-corrected chi connectivity index (χ2v) is 9.54. The van der Waals surface area contributed by atoms with Crippen molar-refractivity contribution in [3.8, 4) is 0 Å². The molecule has 124 valence electrons. The Hall–Kier alpha value is 0.270. The summed E-state index contributed by atoms with van der Waals surface area (Å²) in [4.78, 5) is 2.75. The molecule has 2 nitrogen and oxygen atoms in total. The van der Waals surface area contributed by atoms with Crippen molar-refractivity contribution >= 4 is 11.8 Å². The first kappa shape index (κ1) is 17.6. The van der Waals surface area contributed by atoms with Crippen molar-refractivity contribution < 1.29 is 0 Å².